The highest BCUT2D eigenvalue weighted by Crippen LogP contribution is 2.22. The van der Waals surface area contributed by atoms with Crippen molar-refractivity contribution in [1.29, 1.82) is 0 Å². The van der Waals surface area contributed by atoms with E-state index in [4.69, 9.17) is 4.74 Å². The molecule has 0 unspecified atom stereocenters. The second-order valence-electron chi connectivity index (χ2n) is 7.02. The van der Waals surface area contributed by atoms with Gasteiger partial charge in [-0.15, -0.1) is 0 Å². The van der Waals surface area contributed by atoms with E-state index in [-0.39, 0.29) is 29.1 Å². The first kappa shape index (κ1) is 21.4. The van der Waals surface area contributed by atoms with Crippen LogP contribution in [-0.2, 0) is 13.1 Å². The molecular weight excluding hydrogens is 393 g/mol. The van der Waals surface area contributed by atoms with E-state index < -0.39 is 28.8 Å². The van der Waals surface area contributed by atoms with Gasteiger partial charge in [0.25, 0.3) is 11.8 Å². The number of unbranched alkanes of at least 4 members (excludes halogenated alkanes) is 1. The molecule has 2 aromatic rings. The molecule has 2 heterocycles. The van der Waals surface area contributed by atoms with Crippen LogP contribution in [0.4, 0.5) is 4.39 Å². The summed E-state index contributed by atoms with van der Waals surface area (Å²) in [5.74, 6) is -2.52. The number of hydrogen-bond donors (Lipinski definition) is 2. The highest BCUT2D eigenvalue weighted by molar-refractivity contribution is 5.99. The van der Waals surface area contributed by atoms with Crippen LogP contribution in [0.5, 0.6) is 11.5 Å². The summed E-state index contributed by atoms with van der Waals surface area (Å²) in [6.07, 6.45) is 3.00. The smallest absolute Gasteiger partial charge is 0.274 e. The fraction of sp³-hybridized carbons (Fsp3) is 0.381. The number of ether oxygens (including phenoxy) is 1. The van der Waals surface area contributed by atoms with Crippen molar-refractivity contribution >= 4 is 11.8 Å². The van der Waals surface area contributed by atoms with E-state index in [9.17, 15) is 23.9 Å². The molecule has 30 heavy (non-hydrogen) atoms. The van der Waals surface area contributed by atoms with Crippen LogP contribution >= 0.6 is 0 Å². The number of carbonyl (C=O) groups excluding carboxylic acids is 2. The van der Waals surface area contributed by atoms with Crippen LogP contribution in [0.1, 0.15) is 46.2 Å². The second-order valence-corrected chi connectivity index (χ2v) is 7.02. The highest BCUT2D eigenvalue weighted by Gasteiger charge is 2.30. The van der Waals surface area contributed by atoms with E-state index in [1.807, 2.05) is 6.92 Å². The van der Waals surface area contributed by atoms with Crippen LogP contribution in [0, 0.1) is 5.82 Å². The molecule has 0 atom stereocenters. The van der Waals surface area contributed by atoms with E-state index in [2.05, 4.69) is 5.32 Å². The van der Waals surface area contributed by atoms with Gasteiger partial charge in [0.1, 0.15) is 5.56 Å². The summed E-state index contributed by atoms with van der Waals surface area (Å²) < 4.78 is 20.6. The summed E-state index contributed by atoms with van der Waals surface area (Å²) in [6, 6.07) is 4.52. The number of carbonyl (C=O) groups is 2. The number of fused-ring (bicyclic) bond motifs is 1. The Morgan fingerprint density at radius 3 is 2.77 bits per heavy atom. The van der Waals surface area contributed by atoms with Gasteiger partial charge in [0.15, 0.2) is 23.0 Å². The number of methoxy groups -OCH3 is 1. The topological polar surface area (TPSA) is 101 Å². The third kappa shape index (κ3) is 4.00. The van der Waals surface area contributed by atoms with Crippen molar-refractivity contribution in [2.75, 3.05) is 20.2 Å². The van der Waals surface area contributed by atoms with Crippen molar-refractivity contribution in [1.82, 2.24) is 14.8 Å². The molecule has 2 amide bonds. The average Bonchev–Trinajstić information content (AvgIpc) is 2.74. The van der Waals surface area contributed by atoms with Gasteiger partial charge in [0.2, 0.25) is 5.43 Å². The number of pyridine rings is 1. The third-order valence-electron chi connectivity index (χ3n) is 5.09. The average molecular weight is 417 g/mol. The Morgan fingerprint density at radius 1 is 1.30 bits per heavy atom. The first-order valence-electron chi connectivity index (χ1n) is 9.74. The number of amides is 2. The van der Waals surface area contributed by atoms with Gasteiger partial charge < -0.3 is 24.6 Å². The summed E-state index contributed by atoms with van der Waals surface area (Å²) in [5, 5.41) is 12.8. The fourth-order valence-corrected chi connectivity index (χ4v) is 3.38. The number of benzene rings is 1. The number of aromatic nitrogens is 1. The SMILES string of the molecule is CCCCN1CCn2cc(C(=O)NCc3cccc(OC)c3F)c(=O)c(O)c2C1=O. The maximum Gasteiger partial charge on any atom is 0.274 e. The highest BCUT2D eigenvalue weighted by atomic mass is 19.1. The van der Waals surface area contributed by atoms with Crippen molar-refractivity contribution in [2.24, 2.45) is 0 Å². The molecule has 0 saturated carbocycles. The molecule has 1 aliphatic heterocycles. The molecule has 0 spiro atoms. The van der Waals surface area contributed by atoms with Crippen molar-refractivity contribution in [3.05, 3.63) is 57.3 Å². The van der Waals surface area contributed by atoms with Gasteiger partial charge in [-0.1, -0.05) is 25.5 Å². The molecule has 8 nitrogen and oxygen atoms in total. The molecule has 1 aromatic carbocycles. The van der Waals surface area contributed by atoms with Crippen LogP contribution in [0.2, 0.25) is 0 Å². The Labute approximate surface area is 172 Å². The number of nitrogens with zero attached hydrogens (tertiary/aromatic N) is 2. The quantitative estimate of drug-likeness (QED) is 0.717. The predicted octanol–water partition coefficient (Wildman–Crippen LogP) is 1.89. The minimum Gasteiger partial charge on any atom is -0.503 e. The summed E-state index contributed by atoms with van der Waals surface area (Å²) in [5.41, 5.74) is -1.17. The van der Waals surface area contributed by atoms with E-state index >= 15 is 0 Å². The zero-order valence-corrected chi connectivity index (χ0v) is 16.9. The van der Waals surface area contributed by atoms with Gasteiger partial charge in [0.05, 0.1) is 7.11 Å². The Kier molecular flexibility index (Phi) is 6.39. The Hall–Kier alpha value is -3.36. The van der Waals surface area contributed by atoms with Crippen LogP contribution in [0.25, 0.3) is 0 Å². The van der Waals surface area contributed by atoms with Gasteiger partial charge in [-0.3, -0.25) is 14.4 Å². The van der Waals surface area contributed by atoms with E-state index in [0.717, 1.165) is 12.8 Å². The van der Waals surface area contributed by atoms with Gasteiger partial charge in [-0.05, 0) is 12.5 Å². The van der Waals surface area contributed by atoms with Crippen LogP contribution in [0.3, 0.4) is 0 Å². The number of hydrogen-bond acceptors (Lipinski definition) is 5. The Bertz CT molecular complexity index is 1030. The Morgan fingerprint density at radius 2 is 2.07 bits per heavy atom. The summed E-state index contributed by atoms with van der Waals surface area (Å²) >= 11 is 0. The minimum absolute atomic E-state index is 0.0411. The van der Waals surface area contributed by atoms with Crippen LogP contribution in [0.15, 0.2) is 29.2 Å². The standard InChI is InChI=1S/C21H24FN3O5/c1-3-4-8-24-9-10-25-12-14(18(26)19(27)17(25)21(24)29)20(28)23-11-13-6-5-7-15(30-2)16(13)22/h5-7,12,27H,3-4,8-11H2,1-2H3,(H,23,28). The van der Waals surface area contributed by atoms with Crippen molar-refractivity contribution in [3.8, 4) is 11.5 Å². The number of halogens is 1. The fourth-order valence-electron chi connectivity index (χ4n) is 3.38. The van der Waals surface area contributed by atoms with Gasteiger partial charge in [-0.25, -0.2) is 4.39 Å². The van der Waals surface area contributed by atoms with Crippen LogP contribution in [-0.4, -0.2) is 46.6 Å². The summed E-state index contributed by atoms with van der Waals surface area (Å²) in [7, 11) is 1.34. The molecule has 0 radical (unpaired) electrons. The molecule has 3 rings (SSSR count). The van der Waals surface area contributed by atoms with Crippen LogP contribution < -0.4 is 15.5 Å². The molecular formula is C21H24FN3O5. The maximum absolute atomic E-state index is 14.2. The number of rotatable bonds is 7. The second kappa shape index (κ2) is 8.98. The molecule has 0 saturated heterocycles. The maximum atomic E-state index is 14.2. The van der Waals surface area contributed by atoms with Gasteiger partial charge >= 0.3 is 0 Å². The third-order valence-corrected chi connectivity index (χ3v) is 5.09. The van der Waals surface area contributed by atoms with Crippen molar-refractivity contribution in [2.45, 2.75) is 32.9 Å². The Balaban J connectivity index is 1.83. The van der Waals surface area contributed by atoms with Crippen molar-refractivity contribution < 1.29 is 23.8 Å². The lowest BCUT2D eigenvalue weighted by Gasteiger charge is -2.30. The normalized spacial score (nSPS) is 13.2. The predicted molar refractivity (Wildman–Crippen MR) is 107 cm³/mol. The molecule has 9 heteroatoms. The number of aromatic hydroxyl groups is 1. The van der Waals surface area contributed by atoms with Crippen molar-refractivity contribution in [3.63, 3.8) is 0 Å². The minimum atomic E-state index is -0.935. The largest absolute Gasteiger partial charge is 0.503 e. The zero-order chi connectivity index (χ0) is 21.8. The molecule has 0 aliphatic carbocycles. The van der Waals surface area contributed by atoms with E-state index in [0.29, 0.717) is 19.6 Å². The lowest BCUT2D eigenvalue weighted by molar-refractivity contribution is 0.0693. The first-order chi connectivity index (χ1) is 14.4. The molecule has 160 valence electrons. The lowest BCUT2D eigenvalue weighted by Crippen LogP contribution is -2.43. The summed E-state index contributed by atoms with van der Waals surface area (Å²) in [4.78, 5) is 39.3. The molecule has 1 aliphatic rings. The van der Waals surface area contributed by atoms with Gasteiger partial charge in [-0.2, -0.15) is 0 Å². The summed E-state index contributed by atoms with van der Waals surface area (Å²) in [6.45, 7) is 3.14. The zero-order valence-electron chi connectivity index (χ0n) is 16.9. The molecule has 0 bridgehead atoms. The monoisotopic (exact) mass is 417 g/mol. The first-order valence-corrected chi connectivity index (χ1v) is 9.74. The van der Waals surface area contributed by atoms with E-state index in [1.54, 1.807) is 11.0 Å². The molecule has 0 fully saturated rings. The number of nitrogens with one attached hydrogen (secondary N) is 1. The van der Waals surface area contributed by atoms with E-state index in [1.165, 1.54) is 30.0 Å². The van der Waals surface area contributed by atoms with Gasteiger partial charge in [0, 0.05) is 37.9 Å². The molecule has 1 aromatic heterocycles. The lowest BCUT2D eigenvalue weighted by atomic mass is 10.1. The molecule has 2 N–H and O–H groups in total.